The lowest BCUT2D eigenvalue weighted by Gasteiger charge is -2.00. The fraction of sp³-hybridized carbons (Fsp3) is 0.200. The van der Waals surface area contributed by atoms with Crippen molar-refractivity contribution in [1.82, 2.24) is 0 Å². The van der Waals surface area contributed by atoms with Crippen molar-refractivity contribution in [2.24, 2.45) is 5.73 Å². The van der Waals surface area contributed by atoms with Crippen molar-refractivity contribution in [1.29, 1.82) is 0 Å². The molecule has 1 nitrogen and oxygen atoms in total. The molecular weight excluding hydrogens is 290 g/mol. The molecule has 3 aromatic rings. The SMILES string of the molecule is CC(N)Cc1ccc(-c2ccc(-c3cccs3)s2)s1. The Labute approximate surface area is 125 Å². The van der Waals surface area contributed by atoms with Crippen molar-refractivity contribution >= 4 is 34.0 Å². The van der Waals surface area contributed by atoms with Crippen LogP contribution in [0.1, 0.15) is 11.8 Å². The molecule has 0 fully saturated rings. The van der Waals surface area contributed by atoms with Crippen LogP contribution in [0.4, 0.5) is 0 Å². The molecule has 0 amide bonds. The third-order valence-electron chi connectivity index (χ3n) is 2.80. The summed E-state index contributed by atoms with van der Waals surface area (Å²) >= 11 is 5.52. The normalized spacial score (nSPS) is 12.7. The predicted octanol–water partition coefficient (Wildman–Crippen LogP) is 5.09. The Morgan fingerprint density at radius 3 is 2.32 bits per heavy atom. The van der Waals surface area contributed by atoms with Crippen LogP contribution in [0.2, 0.25) is 0 Å². The molecule has 0 aliphatic rings. The quantitative estimate of drug-likeness (QED) is 0.713. The van der Waals surface area contributed by atoms with Crippen LogP contribution in [-0.2, 0) is 6.42 Å². The Hall–Kier alpha value is -0.940. The Kier molecular flexibility index (Phi) is 3.84. The van der Waals surface area contributed by atoms with E-state index in [-0.39, 0.29) is 6.04 Å². The highest BCUT2D eigenvalue weighted by Crippen LogP contribution is 2.39. The summed E-state index contributed by atoms with van der Waals surface area (Å²) in [5.41, 5.74) is 5.85. The summed E-state index contributed by atoms with van der Waals surface area (Å²) in [5, 5.41) is 2.13. The molecular formula is C15H15NS3. The highest BCUT2D eigenvalue weighted by molar-refractivity contribution is 7.26. The third-order valence-corrected chi connectivity index (χ3v) is 6.25. The van der Waals surface area contributed by atoms with Crippen molar-refractivity contribution in [3.05, 3.63) is 46.7 Å². The van der Waals surface area contributed by atoms with Gasteiger partial charge in [-0.15, -0.1) is 34.0 Å². The van der Waals surface area contributed by atoms with Crippen molar-refractivity contribution in [3.63, 3.8) is 0 Å². The summed E-state index contributed by atoms with van der Waals surface area (Å²) in [6.07, 6.45) is 0.966. The third kappa shape index (κ3) is 2.98. The van der Waals surface area contributed by atoms with Crippen LogP contribution in [0.5, 0.6) is 0 Å². The van der Waals surface area contributed by atoms with E-state index in [1.807, 2.05) is 22.7 Å². The van der Waals surface area contributed by atoms with E-state index in [1.165, 1.54) is 24.4 Å². The second-order valence-electron chi connectivity index (χ2n) is 4.59. The summed E-state index contributed by atoms with van der Waals surface area (Å²) in [5.74, 6) is 0. The molecule has 0 bridgehead atoms. The molecule has 1 unspecified atom stereocenters. The molecule has 0 aromatic carbocycles. The van der Waals surface area contributed by atoms with Crippen molar-refractivity contribution < 1.29 is 0 Å². The van der Waals surface area contributed by atoms with Crippen LogP contribution in [0.3, 0.4) is 0 Å². The molecule has 1 atom stereocenters. The van der Waals surface area contributed by atoms with Gasteiger partial charge < -0.3 is 5.73 Å². The zero-order valence-electron chi connectivity index (χ0n) is 10.6. The minimum Gasteiger partial charge on any atom is -0.328 e. The lowest BCUT2D eigenvalue weighted by molar-refractivity contribution is 0.746. The van der Waals surface area contributed by atoms with E-state index in [0.717, 1.165) is 6.42 Å². The summed E-state index contributed by atoms with van der Waals surface area (Å²) < 4.78 is 0. The molecule has 3 heterocycles. The minimum absolute atomic E-state index is 0.233. The Bertz CT molecular complexity index is 647. The molecule has 98 valence electrons. The molecule has 0 radical (unpaired) electrons. The van der Waals surface area contributed by atoms with E-state index in [0.29, 0.717) is 0 Å². The van der Waals surface area contributed by atoms with Crippen molar-refractivity contribution in [3.8, 4) is 19.5 Å². The average Bonchev–Trinajstić information content (AvgIpc) is 3.09. The van der Waals surface area contributed by atoms with Crippen LogP contribution >= 0.6 is 34.0 Å². The Morgan fingerprint density at radius 2 is 1.63 bits per heavy atom. The van der Waals surface area contributed by atoms with Crippen molar-refractivity contribution in [2.75, 3.05) is 0 Å². The van der Waals surface area contributed by atoms with Crippen LogP contribution < -0.4 is 5.73 Å². The zero-order chi connectivity index (χ0) is 13.2. The van der Waals surface area contributed by atoms with E-state index in [4.69, 9.17) is 5.73 Å². The van der Waals surface area contributed by atoms with Gasteiger partial charge in [0.05, 0.1) is 0 Å². The van der Waals surface area contributed by atoms with E-state index in [9.17, 15) is 0 Å². The van der Waals surface area contributed by atoms with E-state index in [2.05, 4.69) is 48.7 Å². The van der Waals surface area contributed by atoms with Gasteiger partial charge in [0.15, 0.2) is 0 Å². The number of hydrogen-bond acceptors (Lipinski definition) is 4. The van der Waals surface area contributed by atoms with E-state index in [1.54, 1.807) is 11.3 Å². The number of rotatable bonds is 4. The van der Waals surface area contributed by atoms with Crippen LogP contribution in [0, 0.1) is 0 Å². The van der Waals surface area contributed by atoms with Crippen LogP contribution in [0.15, 0.2) is 41.8 Å². The van der Waals surface area contributed by atoms with Gasteiger partial charge in [0.1, 0.15) is 0 Å². The summed E-state index contributed by atoms with van der Waals surface area (Å²) in [6, 6.07) is 13.4. The van der Waals surface area contributed by atoms with Gasteiger partial charge in [-0.25, -0.2) is 0 Å². The van der Waals surface area contributed by atoms with Gasteiger partial charge in [-0.3, -0.25) is 0 Å². The van der Waals surface area contributed by atoms with Crippen LogP contribution in [-0.4, -0.2) is 6.04 Å². The lowest BCUT2D eigenvalue weighted by Crippen LogP contribution is -2.16. The first kappa shape index (κ1) is 13.1. The van der Waals surface area contributed by atoms with Gasteiger partial charge in [0, 0.05) is 30.4 Å². The Balaban J connectivity index is 1.84. The summed E-state index contributed by atoms with van der Waals surface area (Å²) in [7, 11) is 0. The standard InChI is InChI=1S/C15H15NS3/c1-10(16)9-11-4-5-14(18-11)15-7-6-13(19-15)12-3-2-8-17-12/h2-8,10H,9,16H2,1H3. The largest absolute Gasteiger partial charge is 0.328 e. The fourth-order valence-electron chi connectivity index (χ4n) is 1.96. The maximum absolute atomic E-state index is 5.85. The minimum atomic E-state index is 0.233. The highest BCUT2D eigenvalue weighted by Gasteiger charge is 2.09. The first-order valence-electron chi connectivity index (χ1n) is 6.21. The second-order valence-corrected chi connectivity index (χ2v) is 7.79. The Morgan fingerprint density at radius 1 is 0.947 bits per heavy atom. The fourth-order valence-corrected chi connectivity index (χ4v) is 5.04. The van der Waals surface area contributed by atoms with Crippen molar-refractivity contribution in [2.45, 2.75) is 19.4 Å². The summed E-state index contributed by atoms with van der Waals surface area (Å²) in [4.78, 5) is 6.78. The van der Waals surface area contributed by atoms with Gasteiger partial charge >= 0.3 is 0 Å². The van der Waals surface area contributed by atoms with Gasteiger partial charge in [0.2, 0.25) is 0 Å². The molecule has 3 rings (SSSR count). The molecule has 0 aliphatic heterocycles. The zero-order valence-corrected chi connectivity index (χ0v) is 13.1. The molecule has 19 heavy (non-hydrogen) atoms. The average molecular weight is 305 g/mol. The lowest BCUT2D eigenvalue weighted by atomic mass is 10.2. The molecule has 3 aromatic heterocycles. The second kappa shape index (κ2) is 5.59. The molecule has 0 spiro atoms. The molecule has 0 saturated heterocycles. The number of hydrogen-bond donors (Lipinski definition) is 1. The number of nitrogens with two attached hydrogens (primary N) is 1. The van der Waals surface area contributed by atoms with Gasteiger partial charge in [-0.1, -0.05) is 6.07 Å². The molecule has 0 aliphatic carbocycles. The first-order valence-corrected chi connectivity index (χ1v) is 8.72. The monoisotopic (exact) mass is 305 g/mol. The first-order chi connectivity index (χ1) is 9.22. The van der Waals surface area contributed by atoms with Gasteiger partial charge in [-0.2, -0.15) is 0 Å². The van der Waals surface area contributed by atoms with Gasteiger partial charge in [-0.05, 0) is 49.1 Å². The molecule has 0 saturated carbocycles. The van der Waals surface area contributed by atoms with Gasteiger partial charge in [0.25, 0.3) is 0 Å². The van der Waals surface area contributed by atoms with E-state index >= 15 is 0 Å². The summed E-state index contributed by atoms with van der Waals surface area (Å²) in [6.45, 7) is 2.05. The number of thiophene rings is 3. The maximum atomic E-state index is 5.85. The maximum Gasteiger partial charge on any atom is 0.0449 e. The topological polar surface area (TPSA) is 26.0 Å². The van der Waals surface area contributed by atoms with Crippen LogP contribution in [0.25, 0.3) is 19.5 Å². The molecule has 2 N–H and O–H groups in total. The smallest absolute Gasteiger partial charge is 0.0449 e. The predicted molar refractivity (Wildman–Crippen MR) is 88.3 cm³/mol. The molecule has 4 heteroatoms. The van der Waals surface area contributed by atoms with E-state index < -0.39 is 0 Å². The highest BCUT2D eigenvalue weighted by atomic mass is 32.1.